The van der Waals surface area contributed by atoms with Gasteiger partial charge in [0.25, 0.3) is 0 Å². The number of rotatable bonds is 4. The quantitative estimate of drug-likeness (QED) is 0.912. The van der Waals surface area contributed by atoms with Gasteiger partial charge in [-0.25, -0.2) is 0 Å². The third-order valence-electron chi connectivity index (χ3n) is 4.63. The Hall–Kier alpha value is -0.420. The van der Waals surface area contributed by atoms with Crippen LogP contribution in [0.25, 0.3) is 0 Å². The summed E-state index contributed by atoms with van der Waals surface area (Å²) >= 11 is 1.81. The second kappa shape index (κ2) is 6.35. The SMILES string of the molecule is NC1CCN(C2CCN(CCc3ccsc3)C2)CC1. The molecule has 1 aromatic heterocycles. The molecule has 19 heavy (non-hydrogen) atoms. The lowest BCUT2D eigenvalue weighted by Gasteiger charge is -2.34. The summed E-state index contributed by atoms with van der Waals surface area (Å²) in [5, 5.41) is 4.46. The van der Waals surface area contributed by atoms with Crippen LogP contribution in [0.3, 0.4) is 0 Å². The van der Waals surface area contributed by atoms with Gasteiger partial charge in [-0.05, 0) is 67.7 Å². The molecule has 1 aromatic rings. The van der Waals surface area contributed by atoms with E-state index in [0.29, 0.717) is 6.04 Å². The zero-order chi connectivity index (χ0) is 13.1. The zero-order valence-electron chi connectivity index (χ0n) is 11.6. The molecule has 1 unspecified atom stereocenters. The molecule has 3 rings (SSSR count). The van der Waals surface area contributed by atoms with Crippen LogP contribution in [-0.2, 0) is 6.42 Å². The van der Waals surface area contributed by atoms with Gasteiger partial charge in [0, 0.05) is 25.2 Å². The van der Waals surface area contributed by atoms with Crippen LogP contribution in [0, 0.1) is 0 Å². The maximum atomic E-state index is 5.99. The van der Waals surface area contributed by atoms with Crippen molar-refractivity contribution in [2.45, 2.75) is 37.8 Å². The Kier molecular flexibility index (Phi) is 4.53. The summed E-state index contributed by atoms with van der Waals surface area (Å²) in [6, 6.07) is 3.49. The first kappa shape index (κ1) is 13.6. The van der Waals surface area contributed by atoms with Gasteiger partial charge in [-0.1, -0.05) is 0 Å². The standard InChI is InChI=1S/C15H25N3S/c16-14-2-8-18(9-3-14)15-4-7-17(11-15)6-1-13-5-10-19-12-13/h5,10,12,14-15H,1-4,6-9,11,16H2. The number of likely N-dealkylation sites (tertiary alicyclic amines) is 2. The van der Waals surface area contributed by atoms with Crippen LogP contribution in [0.2, 0.25) is 0 Å². The van der Waals surface area contributed by atoms with E-state index in [9.17, 15) is 0 Å². The first-order valence-electron chi connectivity index (χ1n) is 7.54. The number of hydrogen-bond acceptors (Lipinski definition) is 4. The number of nitrogens with two attached hydrogens (primary N) is 1. The minimum atomic E-state index is 0.451. The molecule has 0 aromatic carbocycles. The van der Waals surface area contributed by atoms with Crippen LogP contribution >= 0.6 is 11.3 Å². The largest absolute Gasteiger partial charge is 0.328 e. The van der Waals surface area contributed by atoms with Crippen molar-refractivity contribution in [2.24, 2.45) is 5.73 Å². The van der Waals surface area contributed by atoms with E-state index in [0.717, 1.165) is 6.04 Å². The van der Waals surface area contributed by atoms with Crippen molar-refractivity contribution in [1.29, 1.82) is 0 Å². The monoisotopic (exact) mass is 279 g/mol. The summed E-state index contributed by atoms with van der Waals surface area (Å²) in [5.74, 6) is 0. The molecule has 2 aliphatic rings. The Morgan fingerprint density at radius 3 is 2.79 bits per heavy atom. The molecule has 0 radical (unpaired) electrons. The van der Waals surface area contributed by atoms with Crippen molar-refractivity contribution < 1.29 is 0 Å². The molecule has 0 spiro atoms. The average Bonchev–Trinajstić information content (AvgIpc) is 3.09. The molecule has 0 aliphatic carbocycles. The average molecular weight is 279 g/mol. The topological polar surface area (TPSA) is 32.5 Å². The third kappa shape index (κ3) is 3.57. The molecular formula is C15H25N3S. The molecule has 2 N–H and O–H groups in total. The van der Waals surface area contributed by atoms with Crippen LogP contribution in [-0.4, -0.2) is 54.6 Å². The van der Waals surface area contributed by atoms with Crippen LogP contribution in [0.15, 0.2) is 16.8 Å². The van der Waals surface area contributed by atoms with Crippen LogP contribution in [0.1, 0.15) is 24.8 Å². The van der Waals surface area contributed by atoms with Crippen LogP contribution < -0.4 is 5.73 Å². The molecule has 1 atom stereocenters. The molecule has 106 valence electrons. The maximum absolute atomic E-state index is 5.99. The highest BCUT2D eigenvalue weighted by Crippen LogP contribution is 2.20. The van der Waals surface area contributed by atoms with E-state index in [1.54, 1.807) is 11.3 Å². The summed E-state index contributed by atoms with van der Waals surface area (Å²) in [6.45, 7) is 6.19. The first-order chi connectivity index (χ1) is 9.31. The predicted octanol–water partition coefficient (Wildman–Crippen LogP) is 1.79. The molecule has 4 heteroatoms. The van der Waals surface area contributed by atoms with Gasteiger partial charge >= 0.3 is 0 Å². The van der Waals surface area contributed by atoms with Crippen molar-refractivity contribution in [3.8, 4) is 0 Å². The number of piperidine rings is 1. The van der Waals surface area contributed by atoms with E-state index in [2.05, 4.69) is 26.6 Å². The van der Waals surface area contributed by atoms with E-state index >= 15 is 0 Å². The van der Waals surface area contributed by atoms with Gasteiger partial charge in [-0.3, -0.25) is 4.90 Å². The van der Waals surface area contributed by atoms with Crippen molar-refractivity contribution in [3.63, 3.8) is 0 Å². The Morgan fingerprint density at radius 2 is 2.05 bits per heavy atom. The molecule has 0 amide bonds. The Morgan fingerprint density at radius 1 is 1.21 bits per heavy atom. The number of thiophene rings is 1. The fourth-order valence-corrected chi connectivity index (χ4v) is 4.02. The van der Waals surface area contributed by atoms with Crippen LogP contribution in [0.4, 0.5) is 0 Å². The lowest BCUT2D eigenvalue weighted by atomic mass is 10.0. The van der Waals surface area contributed by atoms with Gasteiger partial charge in [-0.15, -0.1) is 0 Å². The van der Waals surface area contributed by atoms with Gasteiger partial charge in [0.2, 0.25) is 0 Å². The van der Waals surface area contributed by atoms with E-state index < -0.39 is 0 Å². The van der Waals surface area contributed by atoms with Gasteiger partial charge < -0.3 is 10.6 Å². The minimum absolute atomic E-state index is 0.451. The summed E-state index contributed by atoms with van der Waals surface area (Å²) < 4.78 is 0. The number of nitrogens with zero attached hydrogens (tertiary/aromatic N) is 2. The highest BCUT2D eigenvalue weighted by Gasteiger charge is 2.29. The molecule has 2 saturated heterocycles. The van der Waals surface area contributed by atoms with Crippen molar-refractivity contribution in [3.05, 3.63) is 22.4 Å². The molecule has 3 nitrogen and oxygen atoms in total. The molecule has 3 heterocycles. The fraction of sp³-hybridized carbons (Fsp3) is 0.733. The summed E-state index contributed by atoms with van der Waals surface area (Å²) in [7, 11) is 0. The van der Waals surface area contributed by atoms with Crippen LogP contribution in [0.5, 0.6) is 0 Å². The maximum Gasteiger partial charge on any atom is 0.0235 e. The van der Waals surface area contributed by atoms with E-state index in [1.807, 2.05) is 0 Å². The zero-order valence-corrected chi connectivity index (χ0v) is 12.4. The normalized spacial score (nSPS) is 27.1. The molecule has 2 fully saturated rings. The molecule has 0 bridgehead atoms. The molecular weight excluding hydrogens is 254 g/mol. The van der Waals surface area contributed by atoms with Gasteiger partial charge in [0.05, 0.1) is 0 Å². The van der Waals surface area contributed by atoms with E-state index in [-0.39, 0.29) is 0 Å². The van der Waals surface area contributed by atoms with Crippen molar-refractivity contribution in [1.82, 2.24) is 9.80 Å². The number of hydrogen-bond donors (Lipinski definition) is 1. The smallest absolute Gasteiger partial charge is 0.0235 e. The first-order valence-corrected chi connectivity index (χ1v) is 8.48. The Balaban J connectivity index is 1.42. The van der Waals surface area contributed by atoms with Gasteiger partial charge in [0.15, 0.2) is 0 Å². The van der Waals surface area contributed by atoms with Crippen molar-refractivity contribution in [2.75, 3.05) is 32.7 Å². The molecule has 2 aliphatic heterocycles. The van der Waals surface area contributed by atoms with E-state index in [4.69, 9.17) is 5.73 Å². The molecule has 0 saturated carbocycles. The lowest BCUT2D eigenvalue weighted by Crippen LogP contribution is -2.46. The summed E-state index contributed by atoms with van der Waals surface area (Å²) in [4.78, 5) is 5.31. The van der Waals surface area contributed by atoms with Gasteiger partial charge in [-0.2, -0.15) is 11.3 Å². The van der Waals surface area contributed by atoms with Crippen molar-refractivity contribution >= 4 is 11.3 Å². The second-order valence-corrected chi connectivity index (χ2v) is 6.78. The highest BCUT2D eigenvalue weighted by molar-refractivity contribution is 7.07. The Labute approximate surface area is 120 Å². The second-order valence-electron chi connectivity index (χ2n) is 6.00. The minimum Gasteiger partial charge on any atom is -0.328 e. The summed E-state index contributed by atoms with van der Waals surface area (Å²) in [5.41, 5.74) is 7.49. The van der Waals surface area contributed by atoms with Gasteiger partial charge in [0.1, 0.15) is 0 Å². The third-order valence-corrected chi connectivity index (χ3v) is 5.37. The Bertz CT molecular complexity index is 371. The fourth-order valence-electron chi connectivity index (χ4n) is 3.32. The lowest BCUT2D eigenvalue weighted by molar-refractivity contribution is 0.152. The highest BCUT2D eigenvalue weighted by atomic mass is 32.1. The summed E-state index contributed by atoms with van der Waals surface area (Å²) in [6.07, 6.45) is 4.93. The van der Waals surface area contributed by atoms with E-state index in [1.165, 1.54) is 64.0 Å². The predicted molar refractivity (Wildman–Crippen MR) is 81.7 cm³/mol.